The van der Waals surface area contributed by atoms with Crippen LogP contribution in [0.25, 0.3) is 0 Å². The van der Waals surface area contributed by atoms with Gasteiger partial charge in [0.1, 0.15) is 0 Å². The molecule has 3 nitrogen and oxygen atoms in total. The molecule has 76 valence electrons. The van der Waals surface area contributed by atoms with E-state index in [2.05, 4.69) is 5.32 Å². The van der Waals surface area contributed by atoms with Crippen molar-refractivity contribution in [2.45, 2.75) is 31.1 Å². The molecule has 0 unspecified atom stereocenters. The maximum atomic E-state index is 10.8. The number of aliphatic carboxylic acids is 1. The molecule has 13 heavy (non-hydrogen) atoms. The second-order valence-electron chi connectivity index (χ2n) is 3.53. The van der Waals surface area contributed by atoms with E-state index in [-0.39, 0.29) is 11.2 Å². The fraction of sp³-hybridized carbons (Fsp3) is 0.889. The average molecular weight is 203 g/mol. The van der Waals surface area contributed by atoms with E-state index in [1.807, 2.05) is 6.26 Å². The Balaban J connectivity index is 2.54. The predicted octanol–water partition coefficient (Wildman–Crippen LogP) is 1.19. The lowest BCUT2D eigenvalue weighted by Gasteiger charge is -2.25. The van der Waals surface area contributed by atoms with Crippen molar-refractivity contribution in [1.82, 2.24) is 5.32 Å². The second-order valence-corrected chi connectivity index (χ2v) is 4.55. The minimum Gasteiger partial charge on any atom is -0.481 e. The third-order valence-corrected chi connectivity index (χ3v) is 3.93. The zero-order valence-corrected chi connectivity index (χ0v) is 8.93. The van der Waals surface area contributed by atoms with Crippen LogP contribution in [0.1, 0.15) is 19.8 Å². The van der Waals surface area contributed by atoms with Crippen molar-refractivity contribution >= 4 is 17.7 Å². The van der Waals surface area contributed by atoms with E-state index in [9.17, 15) is 4.79 Å². The molecule has 0 radical (unpaired) electrons. The van der Waals surface area contributed by atoms with E-state index in [0.29, 0.717) is 6.04 Å². The first-order valence-electron chi connectivity index (χ1n) is 4.65. The highest BCUT2D eigenvalue weighted by Crippen LogP contribution is 2.25. The van der Waals surface area contributed by atoms with Crippen molar-refractivity contribution in [1.29, 1.82) is 0 Å². The Bertz CT molecular complexity index is 180. The smallest absolute Gasteiger partial charge is 0.307 e. The van der Waals surface area contributed by atoms with Crippen LogP contribution in [0.2, 0.25) is 0 Å². The summed E-state index contributed by atoms with van der Waals surface area (Å²) < 4.78 is 0. The summed E-state index contributed by atoms with van der Waals surface area (Å²) in [6.45, 7) is 2.83. The van der Waals surface area contributed by atoms with Gasteiger partial charge in [0.15, 0.2) is 0 Å². The van der Waals surface area contributed by atoms with E-state index in [0.717, 1.165) is 13.0 Å². The van der Waals surface area contributed by atoms with Gasteiger partial charge in [-0.2, -0.15) is 11.8 Å². The number of nitrogens with one attached hydrogen (secondary N) is 1. The molecule has 0 amide bonds. The highest BCUT2D eigenvalue weighted by molar-refractivity contribution is 7.99. The molecule has 0 saturated carbocycles. The average Bonchev–Trinajstić information content (AvgIpc) is 2.58. The molecule has 0 aromatic heterocycles. The van der Waals surface area contributed by atoms with Gasteiger partial charge in [0.25, 0.3) is 0 Å². The molecule has 0 aromatic carbocycles. The second kappa shape index (κ2) is 4.86. The molecular formula is C9H17NO2S. The maximum Gasteiger partial charge on any atom is 0.307 e. The van der Waals surface area contributed by atoms with Crippen LogP contribution in [0.5, 0.6) is 0 Å². The highest BCUT2D eigenvalue weighted by atomic mass is 32.2. The zero-order valence-electron chi connectivity index (χ0n) is 8.12. The number of carboxylic acid groups (broad SMARTS) is 1. The molecule has 0 aromatic rings. The summed E-state index contributed by atoms with van der Waals surface area (Å²) in [7, 11) is 0. The summed E-state index contributed by atoms with van der Waals surface area (Å²) in [5, 5.41) is 12.5. The molecule has 3 atom stereocenters. The number of hydrogen-bond donors (Lipinski definition) is 2. The lowest BCUT2D eigenvalue weighted by Crippen LogP contribution is -2.39. The van der Waals surface area contributed by atoms with Gasteiger partial charge in [0.2, 0.25) is 0 Å². The Morgan fingerprint density at radius 1 is 1.69 bits per heavy atom. The Labute approximate surface area is 83.3 Å². The van der Waals surface area contributed by atoms with Crippen molar-refractivity contribution in [3.8, 4) is 0 Å². The predicted molar refractivity (Wildman–Crippen MR) is 55.1 cm³/mol. The molecular weight excluding hydrogens is 186 g/mol. The molecule has 1 saturated heterocycles. The lowest BCUT2D eigenvalue weighted by atomic mass is 10.00. The highest BCUT2D eigenvalue weighted by Gasteiger charge is 2.31. The van der Waals surface area contributed by atoms with Crippen LogP contribution >= 0.6 is 11.8 Å². The van der Waals surface area contributed by atoms with Gasteiger partial charge < -0.3 is 10.4 Å². The third-order valence-electron chi connectivity index (χ3n) is 2.65. The molecule has 4 heteroatoms. The number of thioether (sulfide) groups is 1. The van der Waals surface area contributed by atoms with Crippen LogP contribution in [-0.4, -0.2) is 35.2 Å². The van der Waals surface area contributed by atoms with Crippen molar-refractivity contribution in [2.24, 2.45) is 5.92 Å². The van der Waals surface area contributed by atoms with E-state index >= 15 is 0 Å². The SMILES string of the molecule is CS[C@@H]([C@@H]1CCCN1)[C@@H](C)C(=O)O. The quantitative estimate of drug-likeness (QED) is 0.720. The van der Waals surface area contributed by atoms with Crippen LogP contribution in [0.15, 0.2) is 0 Å². The van der Waals surface area contributed by atoms with Gasteiger partial charge in [-0.3, -0.25) is 4.79 Å². The molecule has 2 N–H and O–H groups in total. The Morgan fingerprint density at radius 2 is 2.38 bits per heavy atom. The van der Waals surface area contributed by atoms with Gasteiger partial charge in [-0.25, -0.2) is 0 Å². The van der Waals surface area contributed by atoms with Gasteiger partial charge in [0.05, 0.1) is 5.92 Å². The van der Waals surface area contributed by atoms with Gasteiger partial charge in [-0.05, 0) is 25.6 Å². The molecule has 0 aliphatic carbocycles. The number of carbonyl (C=O) groups is 1. The summed E-state index contributed by atoms with van der Waals surface area (Å²) in [4.78, 5) is 10.8. The van der Waals surface area contributed by atoms with Crippen molar-refractivity contribution in [3.63, 3.8) is 0 Å². The van der Waals surface area contributed by atoms with Crippen LogP contribution in [0.4, 0.5) is 0 Å². The molecule has 1 aliphatic heterocycles. The van der Waals surface area contributed by atoms with E-state index in [4.69, 9.17) is 5.11 Å². The van der Waals surface area contributed by atoms with Gasteiger partial charge in [0, 0.05) is 11.3 Å². The fourth-order valence-corrected chi connectivity index (χ4v) is 2.93. The summed E-state index contributed by atoms with van der Waals surface area (Å²) in [5.41, 5.74) is 0. The number of carboxylic acids is 1. The van der Waals surface area contributed by atoms with Crippen molar-refractivity contribution < 1.29 is 9.90 Å². The van der Waals surface area contributed by atoms with Gasteiger partial charge >= 0.3 is 5.97 Å². The monoisotopic (exact) mass is 203 g/mol. The normalized spacial score (nSPS) is 27.1. The summed E-state index contributed by atoms with van der Waals surface area (Å²) in [6, 6.07) is 0.390. The van der Waals surface area contributed by atoms with Crippen LogP contribution in [0.3, 0.4) is 0 Å². The summed E-state index contributed by atoms with van der Waals surface area (Å²) >= 11 is 1.66. The fourth-order valence-electron chi connectivity index (χ4n) is 1.85. The van der Waals surface area contributed by atoms with E-state index < -0.39 is 5.97 Å². The van der Waals surface area contributed by atoms with Gasteiger partial charge in [-0.15, -0.1) is 0 Å². The van der Waals surface area contributed by atoms with Crippen molar-refractivity contribution in [3.05, 3.63) is 0 Å². The molecule has 0 spiro atoms. The zero-order chi connectivity index (χ0) is 9.84. The largest absolute Gasteiger partial charge is 0.481 e. The first kappa shape index (κ1) is 10.9. The van der Waals surface area contributed by atoms with Crippen LogP contribution in [-0.2, 0) is 4.79 Å². The Hall–Kier alpha value is -0.220. The number of rotatable bonds is 4. The summed E-state index contributed by atoms with van der Waals surface area (Å²) in [5.74, 6) is -0.946. The molecule has 1 fully saturated rings. The first-order chi connectivity index (χ1) is 6.16. The Morgan fingerprint density at radius 3 is 2.77 bits per heavy atom. The maximum absolute atomic E-state index is 10.8. The molecule has 1 aliphatic rings. The minimum absolute atomic E-state index is 0.208. The lowest BCUT2D eigenvalue weighted by molar-refractivity contribution is -0.141. The first-order valence-corrected chi connectivity index (χ1v) is 5.94. The number of hydrogen-bond acceptors (Lipinski definition) is 3. The minimum atomic E-state index is -0.687. The van der Waals surface area contributed by atoms with E-state index in [1.54, 1.807) is 18.7 Å². The van der Waals surface area contributed by atoms with Crippen LogP contribution < -0.4 is 5.32 Å². The molecule has 0 bridgehead atoms. The van der Waals surface area contributed by atoms with Crippen LogP contribution in [0, 0.1) is 5.92 Å². The van der Waals surface area contributed by atoms with E-state index in [1.165, 1.54) is 6.42 Å². The summed E-state index contributed by atoms with van der Waals surface area (Å²) in [6.07, 6.45) is 4.28. The standard InChI is InChI=1S/C9H17NO2S/c1-6(9(11)12)8(13-2)7-4-3-5-10-7/h6-8,10H,3-5H2,1-2H3,(H,11,12)/t6-,7+,8-/m1/s1. The topological polar surface area (TPSA) is 49.3 Å². The van der Waals surface area contributed by atoms with Crippen molar-refractivity contribution in [2.75, 3.05) is 12.8 Å². The molecule has 1 heterocycles. The van der Waals surface area contributed by atoms with Gasteiger partial charge in [-0.1, -0.05) is 6.92 Å². The third kappa shape index (κ3) is 2.61. The Kier molecular flexibility index (Phi) is 4.06. The molecule has 1 rings (SSSR count).